The van der Waals surface area contributed by atoms with Gasteiger partial charge in [0.1, 0.15) is 5.84 Å². The highest BCUT2D eigenvalue weighted by Crippen LogP contribution is 2.35. The fraction of sp³-hybridized carbons (Fsp3) is 0. The fourth-order valence-electron chi connectivity index (χ4n) is 3.12. The Kier molecular flexibility index (Phi) is 4.37. The van der Waals surface area contributed by atoms with Crippen molar-refractivity contribution in [1.82, 2.24) is 3.97 Å². The van der Waals surface area contributed by atoms with Crippen molar-refractivity contribution in [3.63, 3.8) is 0 Å². The molecule has 0 aliphatic rings. The lowest BCUT2D eigenvalue weighted by Gasteiger charge is -2.10. The number of nitrogens with zero attached hydrogens (tertiary/aromatic N) is 1. The smallest absolute Gasteiger partial charge is 0.268 e. The quantitative estimate of drug-likeness (QED) is 0.307. The van der Waals surface area contributed by atoms with Gasteiger partial charge in [-0.3, -0.25) is 5.41 Å². The van der Waals surface area contributed by atoms with Gasteiger partial charge in [0, 0.05) is 25.3 Å². The molecule has 0 radical (unpaired) electrons. The number of aromatic nitrogens is 1. The predicted molar refractivity (Wildman–Crippen MR) is 115 cm³/mol. The molecule has 1 heterocycles. The molecule has 0 amide bonds. The Bertz CT molecular complexity index is 1280. The van der Waals surface area contributed by atoms with E-state index >= 15 is 0 Å². The van der Waals surface area contributed by atoms with E-state index in [1.54, 1.807) is 24.3 Å². The van der Waals surface area contributed by atoms with Crippen LogP contribution in [0.15, 0.2) is 74.5 Å². The van der Waals surface area contributed by atoms with Crippen LogP contribution >= 0.6 is 31.9 Å². The first-order chi connectivity index (χ1) is 12.8. The van der Waals surface area contributed by atoms with Crippen molar-refractivity contribution in [1.29, 1.82) is 5.41 Å². The summed E-state index contributed by atoms with van der Waals surface area (Å²) in [5.74, 6) is -0.179. The third-order valence-electron chi connectivity index (χ3n) is 4.33. The monoisotopic (exact) mass is 505 g/mol. The summed E-state index contributed by atoms with van der Waals surface area (Å²) in [6, 6.07) is 17.1. The summed E-state index contributed by atoms with van der Waals surface area (Å²) >= 11 is 6.92. The van der Waals surface area contributed by atoms with Crippen LogP contribution in [0.3, 0.4) is 0 Å². The van der Waals surface area contributed by atoms with E-state index in [-0.39, 0.29) is 10.7 Å². The lowest BCUT2D eigenvalue weighted by Crippen LogP contribution is -2.15. The standard InChI is InChI=1S/C19H13Br2N3O2S/c20-12-4-6-17-15(9-12)16-10-13(21)5-7-18(16)24(17)27(25,26)14-3-1-2-11(8-14)19(22)23/h1-10H,(H3,22,23). The van der Waals surface area contributed by atoms with Crippen LogP contribution in [0.4, 0.5) is 0 Å². The summed E-state index contributed by atoms with van der Waals surface area (Å²) in [5, 5.41) is 9.24. The van der Waals surface area contributed by atoms with Crippen molar-refractivity contribution in [2.75, 3.05) is 0 Å². The molecule has 0 saturated heterocycles. The Hall–Kier alpha value is -2.16. The molecule has 27 heavy (non-hydrogen) atoms. The normalized spacial score (nSPS) is 11.9. The molecule has 4 rings (SSSR count). The minimum absolute atomic E-state index is 0.0832. The fourth-order valence-corrected chi connectivity index (χ4v) is 5.42. The van der Waals surface area contributed by atoms with Crippen molar-refractivity contribution in [3.8, 4) is 0 Å². The van der Waals surface area contributed by atoms with Crippen molar-refractivity contribution >= 4 is 69.5 Å². The summed E-state index contributed by atoms with van der Waals surface area (Å²) in [6.07, 6.45) is 0. The van der Waals surface area contributed by atoms with E-state index in [1.165, 1.54) is 16.1 Å². The Morgan fingerprint density at radius 3 is 1.96 bits per heavy atom. The Morgan fingerprint density at radius 2 is 1.44 bits per heavy atom. The molecule has 4 aromatic rings. The number of hydrogen-bond acceptors (Lipinski definition) is 3. The number of amidine groups is 1. The van der Waals surface area contributed by atoms with E-state index in [1.807, 2.05) is 24.3 Å². The maximum Gasteiger partial charge on any atom is 0.268 e. The minimum Gasteiger partial charge on any atom is -0.384 e. The zero-order chi connectivity index (χ0) is 19.3. The summed E-state index contributed by atoms with van der Waals surface area (Å²) in [5.41, 5.74) is 7.06. The first-order valence-electron chi connectivity index (χ1n) is 7.88. The van der Waals surface area contributed by atoms with Gasteiger partial charge in [0.2, 0.25) is 0 Å². The van der Waals surface area contributed by atoms with Crippen molar-refractivity contribution in [3.05, 3.63) is 75.2 Å². The van der Waals surface area contributed by atoms with Crippen LogP contribution in [0.5, 0.6) is 0 Å². The average Bonchev–Trinajstić information content (AvgIpc) is 2.95. The number of rotatable bonds is 3. The number of benzene rings is 3. The van der Waals surface area contributed by atoms with Crippen LogP contribution in [0.2, 0.25) is 0 Å². The van der Waals surface area contributed by atoms with Gasteiger partial charge in [-0.2, -0.15) is 0 Å². The van der Waals surface area contributed by atoms with E-state index < -0.39 is 10.0 Å². The Balaban J connectivity index is 2.11. The van der Waals surface area contributed by atoms with Gasteiger partial charge >= 0.3 is 0 Å². The number of nitrogens with two attached hydrogens (primary N) is 1. The van der Waals surface area contributed by atoms with Crippen LogP contribution in [0.25, 0.3) is 21.8 Å². The highest BCUT2D eigenvalue weighted by molar-refractivity contribution is 9.10. The second-order valence-corrected chi connectivity index (χ2v) is 9.65. The van der Waals surface area contributed by atoms with Crippen LogP contribution in [0, 0.1) is 5.41 Å². The molecule has 0 aliphatic heterocycles. The van der Waals surface area contributed by atoms with Gasteiger partial charge < -0.3 is 5.73 Å². The lowest BCUT2D eigenvalue weighted by atomic mass is 10.2. The van der Waals surface area contributed by atoms with Gasteiger partial charge in [-0.15, -0.1) is 0 Å². The molecular formula is C19H13Br2N3O2S. The second-order valence-electron chi connectivity index (χ2n) is 6.03. The van der Waals surface area contributed by atoms with E-state index in [9.17, 15) is 8.42 Å². The van der Waals surface area contributed by atoms with Gasteiger partial charge in [0.05, 0.1) is 15.9 Å². The summed E-state index contributed by atoms with van der Waals surface area (Å²) in [4.78, 5) is 0.0832. The van der Waals surface area contributed by atoms with E-state index in [4.69, 9.17) is 11.1 Å². The van der Waals surface area contributed by atoms with E-state index in [2.05, 4.69) is 31.9 Å². The molecule has 0 unspecified atom stereocenters. The highest BCUT2D eigenvalue weighted by Gasteiger charge is 2.24. The first-order valence-corrected chi connectivity index (χ1v) is 10.9. The van der Waals surface area contributed by atoms with Gasteiger partial charge in [0.15, 0.2) is 0 Å². The lowest BCUT2D eigenvalue weighted by molar-refractivity contribution is 0.590. The second kappa shape index (κ2) is 6.47. The zero-order valence-electron chi connectivity index (χ0n) is 13.8. The first kappa shape index (κ1) is 18.2. The maximum absolute atomic E-state index is 13.5. The molecule has 0 spiro atoms. The molecule has 0 fully saturated rings. The number of hydrogen-bond donors (Lipinski definition) is 2. The van der Waals surface area contributed by atoms with Crippen molar-refractivity contribution in [2.45, 2.75) is 4.90 Å². The minimum atomic E-state index is -3.90. The number of fused-ring (bicyclic) bond motifs is 3. The molecule has 1 aromatic heterocycles. The molecule has 0 aliphatic carbocycles. The van der Waals surface area contributed by atoms with Crippen molar-refractivity contribution < 1.29 is 8.42 Å². The summed E-state index contributed by atoms with van der Waals surface area (Å²) < 4.78 is 30.1. The Labute approximate surface area is 172 Å². The van der Waals surface area contributed by atoms with Gasteiger partial charge in [-0.05, 0) is 48.5 Å². The highest BCUT2D eigenvalue weighted by atomic mass is 79.9. The van der Waals surface area contributed by atoms with E-state index in [0.29, 0.717) is 16.6 Å². The molecule has 0 saturated carbocycles. The Morgan fingerprint density at radius 1 is 0.889 bits per heavy atom. The number of nitrogens with one attached hydrogen (secondary N) is 1. The molecular weight excluding hydrogens is 494 g/mol. The zero-order valence-corrected chi connectivity index (χ0v) is 17.8. The average molecular weight is 507 g/mol. The predicted octanol–water partition coefficient (Wildman–Crippen LogP) is 4.84. The largest absolute Gasteiger partial charge is 0.384 e. The van der Waals surface area contributed by atoms with Crippen molar-refractivity contribution in [2.24, 2.45) is 5.73 Å². The van der Waals surface area contributed by atoms with Gasteiger partial charge in [-0.1, -0.05) is 44.0 Å². The van der Waals surface area contributed by atoms with Crippen LogP contribution in [0.1, 0.15) is 5.56 Å². The van der Waals surface area contributed by atoms with E-state index in [0.717, 1.165) is 19.7 Å². The summed E-state index contributed by atoms with van der Waals surface area (Å²) in [6.45, 7) is 0. The molecule has 3 aromatic carbocycles. The van der Waals surface area contributed by atoms with Crippen LogP contribution < -0.4 is 5.73 Å². The van der Waals surface area contributed by atoms with Gasteiger partial charge in [-0.25, -0.2) is 12.4 Å². The summed E-state index contributed by atoms with van der Waals surface area (Å²) in [7, 11) is -3.90. The molecule has 136 valence electrons. The topological polar surface area (TPSA) is 88.9 Å². The molecule has 8 heteroatoms. The third-order valence-corrected chi connectivity index (χ3v) is 7.04. The van der Waals surface area contributed by atoms with Gasteiger partial charge in [0.25, 0.3) is 10.0 Å². The third kappa shape index (κ3) is 2.97. The molecule has 5 nitrogen and oxygen atoms in total. The number of nitrogen functional groups attached to an aromatic ring is 1. The molecule has 3 N–H and O–H groups in total. The molecule has 0 atom stereocenters. The SMILES string of the molecule is N=C(N)c1cccc(S(=O)(=O)n2c3ccc(Br)cc3c3cc(Br)ccc32)c1. The van der Waals surface area contributed by atoms with Crippen LogP contribution in [-0.4, -0.2) is 18.2 Å². The molecule has 0 bridgehead atoms. The number of halogens is 2. The van der Waals surface area contributed by atoms with Crippen LogP contribution in [-0.2, 0) is 10.0 Å². The maximum atomic E-state index is 13.5.